The fraction of sp³-hybridized carbons (Fsp3) is 0.222. The Kier molecular flexibility index (Phi) is 5.15. The topological polar surface area (TPSA) is 49.4 Å². The molecule has 0 fully saturated rings. The highest BCUT2D eigenvalue weighted by Crippen LogP contribution is 2.32. The lowest BCUT2D eigenvalue weighted by Crippen LogP contribution is -2.23. The number of hydrogen-bond acceptors (Lipinski definition) is 2. The summed E-state index contributed by atoms with van der Waals surface area (Å²) in [4.78, 5) is 25.8. The standard InChI is InChI=1S/C18H17F3N2O2/c1-11-12(17(25)23(2)3)8-6-10-15(11)22-16(24)13-7-4-5-9-14(13)18(19,20)21/h4-10H,1-3H3,(H,22,24). The first-order chi connectivity index (χ1) is 11.6. The largest absolute Gasteiger partial charge is 0.417 e. The van der Waals surface area contributed by atoms with Gasteiger partial charge in [-0.15, -0.1) is 0 Å². The van der Waals surface area contributed by atoms with Crippen molar-refractivity contribution < 1.29 is 22.8 Å². The van der Waals surface area contributed by atoms with Gasteiger partial charge in [0, 0.05) is 25.3 Å². The van der Waals surface area contributed by atoms with Gasteiger partial charge in [0.1, 0.15) is 0 Å². The van der Waals surface area contributed by atoms with Crippen molar-refractivity contribution in [2.75, 3.05) is 19.4 Å². The number of nitrogens with one attached hydrogen (secondary N) is 1. The van der Waals surface area contributed by atoms with E-state index in [1.54, 1.807) is 33.2 Å². The molecule has 0 unspecified atom stereocenters. The Morgan fingerprint density at radius 3 is 2.16 bits per heavy atom. The maximum Gasteiger partial charge on any atom is 0.417 e. The lowest BCUT2D eigenvalue weighted by Gasteiger charge is -2.16. The second kappa shape index (κ2) is 6.96. The van der Waals surface area contributed by atoms with E-state index in [9.17, 15) is 22.8 Å². The van der Waals surface area contributed by atoms with E-state index in [1.807, 2.05) is 0 Å². The average molecular weight is 350 g/mol. The molecular formula is C18H17F3N2O2. The van der Waals surface area contributed by atoms with Crippen LogP contribution in [0.3, 0.4) is 0 Å². The first kappa shape index (κ1) is 18.5. The first-order valence-corrected chi connectivity index (χ1v) is 7.41. The highest BCUT2D eigenvalue weighted by Gasteiger charge is 2.34. The summed E-state index contributed by atoms with van der Waals surface area (Å²) in [6.45, 7) is 1.63. The molecule has 25 heavy (non-hydrogen) atoms. The molecule has 2 aromatic rings. The van der Waals surface area contributed by atoms with E-state index in [0.717, 1.165) is 12.1 Å². The Hall–Kier alpha value is -2.83. The van der Waals surface area contributed by atoms with Crippen molar-refractivity contribution in [1.29, 1.82) is 0 Å². The van der Waals surface area contributed by atoms with Gasteiger partial charge in [-0.2, -0.15) is 13.2 Å². The second-order valence-corrected chi connectivity index (χ2v) is 5.68. The van der Waals surface area contributed by atoms with Gasteiger partial charge >= 0.3 is 6.18 Å². The molecule has 0 radical (unpaired) electrons. The number of nitrogens with zero attached hydrogens (tertiary/aromatic N) is 1. The molecule has 2 aromatic carbocycles. The maximum atomic E-state index is 13.1. The van der Waals surface area contributed by atoms with Gasteiger partial charge in [-0.05, 0) is 36.8 Å². The summed E-state index contributed by atoms with van der Waals surface area (Å²) in [5, 5.41) is 2.46. The Labute approximate surface area is 143 Å². The summed E-state index contributed by atoms with van der Waals surface area (Å²) in [6, 6.07) is 9.25. The number of amides is 2. The average Bonchev–Trinajstić information content (AvgIpc) is 2.55. The lowest BCUT2D eigenvalue weighted by atomic mass is 10.0. The van der Waals surface area contributed by atoms with Crippen molar-refractivity contribution in [3.63, 3.8) is 0 Å². The smallest absolute Gasteiger partial charge is 0.345 e. The predicted octanol–water partition coefficient (Wildman–Crippen LogP) is 3.97. The van der Waals surface area contributed by atoms with Gasteiger partial charge in [-0.25, -0.2) is 0 Å². The van der Waals surface area contributed by atoms with Crippen molar-refractivity contribution in [2.24, 2.45) is 0 Å². The number of benzene rings is 2. The summed E-state index contributed by atoms with van der Waals surface area (Å²) < 4.78 is 39.2. The van der Waals surface area contributed by atoms with Crippen LogP contribution in [-0.2, 0) is 6.18 Å². The summed E-state index contributed by atoms with van der Waals surface area (Å²) in [5.74, 6) is -1.14. The zero-order valence-corrected chi connectivity index (χ0v) is 13.9. The number of carbonyl (C=O) groups excluding carboxylic acids is 2. The number of alkyl halides is 3. The van der Waals surface area contributed by atoms with Gasteiger partial charge in [0.15, 0.2) is 0 Å². The number of rotatable bonds is 3. The van der Waals surface area contributed by atoms with E-state index in [-0.39, 0.29) is 11.6 Å². The number of hydrogen-bond donors (Lipinski definition) is 1. The Balaban J connectivity index is 2.38. The quantitative estimate of drug-likeness (QED) is 0.911. The van der Waals surface area contributed by atoms with E-state index in [4.69, 9.17) is 0 Å². The molecule has 0 aliphatic rings. The van der Waals surface area contributed by atoms with Crippen LogP contribution >= 0.6 is 0 Å². The predicted molar refractivity (Wildman–Crippen MR) is 88.6 cm³/mol. The first-order valence-electron chi connectivity index (χ1n) is 7.41. The Morgan fingerprint density at radius 2 is 1.56 bits per heavy atom. The van der Waals surface area contributed by atoms with Crippen molar-refractivity contribution in [2.45, 2.75) is 13.1 Å². The van der Waals surface area contributed by atoms with Gasteiger partial charge < -0.3 is 10.2 Å². The van der Waals surface area contributed by atoms with E-state index in [2.05, 4.69) is 5.32 Å². The Bertz CT molecular complexity index is 814. The molecule has 0 atom stereocenters. The second-order valence-electron chi connectivity index (χ2n) is 5.68. The van der Waals surface area contributed by atoms with Crippen LogP contribution in [-0.4, -0.2) is 30.8 Å². The number of carbonyl (C=O) groups is 2. The summed E-state index contributed by atoms with van der Waals surface area (Å²) >= 11 is 0. The highest BCUT2D eigenvalue weighted by atomic mass is 19.4. The van der Waals surface area contributed by atoms with Crippen LogP contribution in [0.15, 0.2) is 42.5 Å². The molecule has 0 saturated heterocycles. The molecular weight excluding hydrogens is 333 g/mol. The third-order valence-corrected chi connectivity index (χ3v) is 3.70. The zero-order chi connectivity index (χ0) is 18.8. The maximum absolute atomic E-state index is 13.1. The summed E-state index contributed by atoms with van der Waals surface area (Å²) in [5.41, 5.74) is -0.343. The molecule has 0 heterocycles. The lowest BCUT2D eigenvalue weighted by molar-refractivity contribution is -0.137. The van der Waals surface area contributed by atoms with Crippen LogP contribution in [0.2, 0.25) is 0 Å². The van der Waals surface area contributed by atoms with Gasteiger partial charge in [0.05, 0.1) is 11.1 Å². The molecule has 1 N–H and O–H groups in total. The van der Waals surface area contributed by atoms with Crippen molar-refractivity contribution >= 4 is 17.5 Å². The minimum atomic E-state index is -4.63. The molecule has 0 bridgehead atoms. The molecule has 132 valence electrons. The van der Waals surface area contributed by atoms with E-state index in [1.165, 1.54) is 23.1 Å². The van der Waals surface area contributed by atoms with Crippen LogP contribution in [0.1, 0.15) is 31.8 Å². The Morgan fingerprint density at radius 1 is 0.960 bits per heavy atom. The van der Waals surface area contributed by atoms with Crippen molar-refractivity contribution in [1.82, 2.24) is 4.90 Å². The molecule has 2 amide bonds. The molecule has 0 aliphatic carbocycles. The van der Waals surface area contributed by atoms with Gasteiger partial charge in [-0.1, -0.05) is 18.2 Å². The molecule has 0 saturated carbocycles. The minimum absolute atomic E-state index is 0.260. The SMILES string of the molecule is Cc1c(NC(=O)c2ccccc2C(F)(F)F)cccc1C(=O)N(C)C. The third-order valence-electron chi connectivity index (χ3n) is 3.70. The molecule has 0 spiro atoms. The molecule has 2 rings (SSSR count). The molecule has 7 heteroatoms. The van der Waals surface area contributed by atoms with Gasteiger partial charge in [-0.3, -0.25) is 9.59 Å². The van der Waals surface area contributed by atoms with Crippen molar-refractivity contribution in [3.8, 4) is 0 Å². The van der Waals surface area contributed by atoms with E-state index < -0.39 is 23.2 Å². The summed E-state index contributed by atoms with van der Waals surface area (Å²) in [6.07, 6.45) is -4.63. The molecule has 4 nitrogen and oxygen atoms in total. The highest BCUT2D eigenvalue weighted by molar-refractivity contribution is 6.07. The van der Waals surface area contributed by atoms with Crippen molar-refractivity contribution in [3.05, 3.63) is 64.7 Å². The van der Waals surface area contributed by atoms with Gasteiger partial charge in [0.2, 0.25) is 0 Å². The number of halogens is 3. The molecule has 0 aromatic heterocycles. The number of anilines is 1. The fourth-order valence-electron chi connectivity index (χ4n) is 2.36. The zero-order valence-electron chi connectivity index (χ0n) is 13.9. The van der Waals surface area contributed by atoms with Crippen LogP contribution < -0.4 is 5.32 Å². The third kappa shape index (κ3) is 3.99. The van der Waals surface area contributed by atoms with Crippen LogP contribution in [0, 0.1) is 6.92 Å². The van der Waals surface area contributed by atoms with Crippen LogP contribution in [0.25, 0.3) is 0 Å². The fourth-order valence-corrected chi connectivity index (χ4v) is 2.36. The van der Waals surface area contributed by atoms with E-state index in [0.29, 0.717) is 11.1 Å². The van der Waals surface area contributed by atoms with Crippen LogP contribution in [0.5, 0.6) is 0 Å². The normalized spacial score (nSPS) is 11.1. The minimum Gasteiger partial charge on any atom is -0.345 e. The van der Waals surface area contributed by atoms with Crippen LogP contribution in [0.4, 0.5) is 18.9 Å². The monoisotopic (exact) mass is 350 g/mol. The van der Waals surface area contributed by atoms with Gasteiger partial charge in [0.25, 0.3) is 11.8 Å². The van der Waals surface area contributed by atoms with E-state index >= 15 is 0 Å². The summed E-state index contributed by atoms with van der Waals surface area (Å²) in [7, 11) is 3.18. The molecule has 0 aliphatic heterocycles.